The largest absolute Gasteiger partial charge is 0.508 e. The van der Waals surface area contributed by atoms with Gasteiger partial charge in [0.1, 0.15) is 5.75 Å². The molecule has 0 aromatic heterocycles. The Morgan fingerprint density at radius 1 is 1.23 bits per heavy atom. The standard InChI is InChI=1S/C19H26O3/c1-19-10-16(22-2)18-13-6-4-12(20)9-11(13)3-5-14(18)15(19)7-8-17(19)21/h4,6,9,14-18,20-21H,3,5,7-8,10H2,1-2H3/t14-,15-,16?,17-,18+,19-/m0/s1. The molecule has 0 radical (unpaired) electrons. The van der Waals surface area contributed by atoms with Gasteiger partial charge in [0.05, 0.1) is 12.2 Å². The first kappa shape index (κ1) is 14.5. The van der Waals surface area contributed by atoms with Crippen LogP contribution in [0.5, 0.6) is 5.75 Å². The normalized spacial score (nSPS) is 43.3. The average Bonchev–Trinajstić information content (AvgIpc) is 2.81. The van der Waals surface area contributed by atoms with E-state index in [-0.39, 0.29) is 17.6 Å². The predicted molar refractivity (Wildman–Crippen MR) is 84.9 cm³/mol. The molecule has 2 fully saturated rings. The quantitative estimate of drug-likeness (QED) is 0.837. The lowest BCUT2D eigenvalue weighted by Gasteiger charge is -2.53. The number of hydrogen-bond donors (Lipinski definition) is 2. The first-order valence-corrected chi connectivity index (χ1v) is 8.57. The van der Waals surface area contributed by atoms with Gasteiger partial charge in [-0.05, 0) is 72.6 Å². The van der Waals surface area contributed by atoms with Crippen molar-refractivity contribution in [2.75, 3.05) is 7.11 Å². The van der Waals surface area contributed by atoms with E-state index in [1.807, 2.05) is 12.1 Å². The summed E-state index contributed by atoms with van der Waals surface area (Å²) in [5.41, 5.74) is 2.66. The molecule has 0 bridgehead atoms. The zero-order valence-electron chi connectivity index (χ0n) is 13.5. The Morgan fingerprint density at radius 2 is 2.05 bits per heavy atom. The van der Waals surface area contributed by atoms with E-state index in [2.05, 4.69) is 13.0 Å². The van der Waals surface area contributed by atoms with Gasteiger partial charge < -0.3 is 14.9 Å². The van der Waals surface area contributed by atoms with E-state index in [1.165, 1.54) is 11.1 Å². The van der Waals surface area contributed by atoms with E-state index in [4.69, 9.17) is 4.74 Å². The maximum absolute atomic E-state index is 10.5. The fourth-order valence-electron chi connectivity index (χ4n) is 5.82. The maximum Gasteiger partial charge on any atom is 0.115 e. The van der Waals surface area contributed by atoms with Crippen molar-refractivity contribution >= 4 is 0 Å². The summed E-state index contributed by atoms with van der Waals surface area (Å²) in [4.78, 5) is 0. The lowest BCUT2D eigenvalue weighted by atomic mass is 9.54. The third-order valence-corrected chi connectivity index (χ3v) is 6.91. The van der Waals surface area contributed by atoms with E-state index in [0.29, 0.717) is 23.5 Å². The summed E-state index contributed by atoms with van der Waals surface area (Å²) in [6.45, 7) is 2.27. The highest BCUT2D eigenvalue weighted by Gasteiger charge is 2.57. The van der Waals surface area contributed by atoms with Gasteiger partial charge in [-0.1, -0.05) is 13.0 Å². The summed E-state index contributed by atoms with van der Waals surface area (Å²) < 4.78 is 5.90. The van der Waals surface area contributed by atoms with Crippen molar-refractivity contribution in [3.63, 3.8) is 0 Å². The number of hydrogen-bond acceptors (Lipinski definition) is 3. The maximum atomic E-state index is 10.5. The minimum Gasteiger partial charge on any atom is -0.508 e. The Kier molecular flexibility index (Phi) is 3.28. The van der Waals surface area contributed by atoms with Crippen LogP contribution in [0.4, 0.5) is 0 Å². The number of aliphatic hydroxyl groups is 1. The number of phenolic OH excluding ortho intramolecular Hbond substituents is 1. The number of benzene rings is 1. The number of rotatable bonds is 1. The van der Waals surface area contributed by atoms with Crippen LogP contribution in [0.2, 0.25) is 0 Å². The van der Waals surface area contributed by atoms with Crippen molar-refractivity contribution < 1.29 is 14.9 Å². The van der Waals surface area contributed by atoms with Crippen molar-refractivity contribution in [2.45, 2.75) is 57.2 Å². The number of ether oxygens (including phenoxy) is 1. The lowest BCUT2D eigenvalue weighted by Crippen LogP contribution is -2.50. The van der Waals surface area contributed by atoms with Gasteiger partial charge in [-0.15, -0.1) is 0 Å². The van der Waals surface area contributed by atoms with Gasteiger partial charge in [-0.25, -0.2) is 0 Å². The van der Waals surface area contributed by atoms with Gasteiger partial charge >= 0.3 is 0 Å². The summed E-state index contributed by atoms with van der Waals surface area (Å²) in [5.74, 6) is 1.97. The lowest BCUT2D eigenvalue weighted by molar-refractivity contribution is -0.0929. The fourth-order valence-corrected chi connectivity index (χ4v) is 5.82. The number of aryl methyl sites for hydroxylation is 1. The molecule has 22 heavy (non-hydrogen) atoms. The Bertz CT molecular complexity index is 584. The van der Waals surface area contributed by atoms with Crippen molar-refractivity contribution in [2.24, 2.45) is 17.3 Å². The number of aromatic hydroxyl groups is 1. The molecular weight excluding hydrogens is 276 g/mol. The molecule has 120 valence electrons. The Morgan fingerprint density at radius 3 is 2.82 bits per heavy atom. The highest BCUT2D eigenvalue weighted by Crippen LogP contribution is 2.61. The van der Waals surface area contributed by atoms with E-state index in [1.54, 1.807) is 7.11 Å². The Balaban J connectivity index is 1.78. The van der Waals surface area contributed by atoms with Gasteiger partial charge in [0.15, 0.2) is 0 Å². The first-order valence-electron chi connectivity index (χ1n) is 8.57. The molecular formula is C19H26O3. The van der Waals surface area contributed by atoms with Crippen LogP contribution in [-0.4, -0.2) is 29.5 Å². The number of fused-ring (bicyclic) bond motifs is 5. The third kappa shape index (κ3) is 1.88. The minimum atomic E-state index is -0.183. The molecule has 1 aromatic carbocycles. The molecule has 0 spiro atoms. The van der Waals surface area contributed by atoms with E-state index in [0.717, 1.165) is 32.1 Å². The smallest absolute Gasteiger partial charge is 0.115 e. The molecule has 1 aromatic rings. The topological polar surface area (TPSA) is 49.7 Å². The van der Waals surface area contributed by atoms with Crippen molar-refractivity contribution in [1.82, 2.24) is 0 Å². The second kappa shape index (κ2) is 4.97. The SMILES string of the molecule is COC1C[C@]2(C)[C@@H](O)CC[C@H]2[C@@H]2CCc3cc(O)ccc3[C@@H]12. The number of methoxy groups -OCH3 is 1. The zero-order valence-corrected chi connectivity index (χ0v) is 13.5. The van der Waals surface area contributed by atoms with E-state index >= 15 is 0 Å². The molecule has 0 amide bonds. The number of phenols is 1. The molecule has 1 unspecified atom stereocenters. The van der Waals surface area contributed by atoms with Crippen molar-refractivity contribution in [3.05, 3.63) is 29.3 Å². The Labute approximate surface area is 132 Å². The summed E-state index contributed by atoms with van der Waals surface area (Å²) in [7, 11) is 1.81. The van der Waals surface area contributed by atoms with Crippen molar-refractivity contribution in [3.8, 4) is 5.75 Å². The van der Waals surface area contributed by atoms with Crippen LogP contribution in [0.3, 0.4) is 0 Å². The summed E-state index contributed by atoms with van der Waals surface area (Å²) in [6.07, 6.45) is 5.18. The first-order chi connectivity index (χ1) is 10.5. The monoisotopic (exact) mass is 302 g/mol. The third-order valence-electron chi connectivity index (χ3n) is 6.91. The van der Waals surface area contributed by atoms with Gasteiger partial charge in [-0.3, -0.25) is 0 Å². The highest BCUT2D eigenvalue weighted by molar-refractivity contribution is 5.41. The van der Waals surface area contributed by atoms with Crippen LogP contribution in [0.1, 0.15) is 49.7 Å². The van der Waals surface area contributed by atoms with E-state index in [9.17, 15) is 10.2 Å². The summed E-state index contributed by atoms with van der Waals surface area (Å²) in [5, 5.41) is 20.3. The molecule has 3 aliphatic carbocycles. The van der Waals surface area contributed by atoms with Gasteiger partial charge in [0.25, 0.3) is 0 Å². The second-order valence-electron chi connectivity index (χ2n) is 7.80. The van der Waals surface area contributed by atoms with Gasteiger partial charge in [-0.2, -0.15) is 0 Å². The molecule has 0 heterocycles. The molecule has 0 aliphatic heterocycles. The van der Waals surface area contributed by atoms with E-state index < -0.39 is 0 Å². The molecule has 3 aliphatic rings. The van der Waals surface area contributed by atoms with Gasteiger partial charge in [0.2, 0.25) is 0 Å². The summed E-state index contributed by atoms with van der Waals surface area (Å²) >= 11 is 0. The van der Waals surface area contributed by atoms with Crippen molar-refractivity contribution in [1.29, 1.82) is 0 Å². The predicted octanol–water partition coefficient (Wildman–Crippen LogP) is 3.23. The van der Waals surface area contributed by atoms with Crippen LogP contribution >= 0.6 is 0 Å². The van der Waals surface area contributed by atoms with Gasteiger partial charge in [0, 0.05) is 13.0 Å². The molecule has 2 saturated carbocycles. The van der Waals surface area contributed by atoms with Crippen LogP contribution in [0.15, 0.2) is 18.2 Å². The van der Waals surface area contributed by atoms with Crippen LogP contribution < -0.4 is 0 Å². The van der Waals surface area contributed by atoms with Crippen LogP contribution in [-0.2, 0) is 11.2 Å². The molecule has 3 nitrogen and oxygen atoms in total. The average molecular weight is 302 g/mol. The van der Waals surface area contributed by atoms with Crippen LogP contribution in [0, 0.1) is 17.3 Å². The molecule has 4 rings (SSSR count). The Hall–Kier alpha value is -1.06. The number of aliphatic hydroxyl groups excluding tert-OH is 1. The molecule has 0 saturated heterocycles. The zero-order chi connectivity index (χ0) is 15.5. The highest BCUT2D eigenvalue weighted by atomic mass is 16.5. The second-order valence-corrected chi connectivity index (χ2v) is 7.80. The van der Waals surface area contributed by atoms with Crippen LogP contribution in [0.25, 0.3) is 0 Å². The molecule has 6 atom stereocenters. The minimum absolute atomic E-state index is 0.0102. The summed E-state index contributed by atoms with van der Waals surface area (Å²) in [6, 6.07) is 5.84. The fraction of sp³-hybridized carbons (Fsp3) is 0.684. The molecule has 2 N–H and O–H groups in total. The molecule has 3 heteroatoms.